The molecule has 9 nitrogen and oxygen atoms in total. The SMILES string of the molecule is CC.CC.CCCCOC.CO.COC(=O)c1csc(C(=O)c2cn(COC(=O)C(C)C)c3ccccc23)n1. The van der Waals surface area contributed by atoms with E-state index >= 15 is 0 Å². The van der Waals surface area contributed by atoms with E-state index in [1.54, 1.807) is 31.7 Å². The average Bonchev–Trinajstić information content (AvgIpc) is 3.63. The summed E-state index contributed by atoms with van der Waals surface area (Å²) < 4.78 is 16.4. The molecule has 0 atom stereocenters. The van der Waals surface area contributed by atoms with Gasteiger partial charge in [0.15, 0.2) is 17.4 Å². The maximum Gasteiger partial charge on any atom is 0.357 e. The fourth-order valence-electron chi connectivity index (χ4n) is 2.81. The zero-order valence-electron chi connectivity index (χ0n) is 25.1. The number of ketones is 1. The molecule has 0 aliphatic carbocycles. The summed E-state index contributed by atoms with van der Waals surface area (Å²) in [4.78, 5) is 40.3. The van der Waals surface area contributed by atoms with E-state index < -0.39 is 5.97 Å². The van der Waals surface area contributed by atoms with Gasteiger partial charge in [0, 0.05) is 37.8 Å². The van der Waals surface area contributed by atoms with E-state index in [0.717, 1.165) is 36.0 Å². The minimum absolute atomic E-state index is 0.0100. The van der Waals surface area contributed by atoms with E-state index in [2.05, 4.69) is 16.6 Å². The lowest BCUT2D eigenvalue weighted by Gasteiger charge is -2.08. The molecule has 0 unspecified atom stereocenters. The topological polar surface area (TPSA) is 117 Å². The van der Waals surface area contributed by atoms with E-state index in [0.29, 0.717) is 5.56 Å². The van der Waals surface area contributed by atoms with Crippen molar-refractivity contribution >= 4 is 40.0 Å². The molecular weight excluding hydrogens is 520 g/mol. The molecule has 0 fully saturated rings. The van der Waals surface area contributed by atoms with Crippen LogP contribution in [0, 0.1) is 5.92 Å². The first kappa shape index (κ1) is 38.1. The number of methoxy groups -OCH3 is 2. The molecule has 1 N–H and O–H groups in total. The van der Waals surface area contributed by atoms with Crippen molar-refractivity contribution in [3.8, 4) is 0 Å². The minimum atomic E-state index is -0.590. The summed E-state index contributed by atoms with van der Waals surface area (Å²) in [7, 11) is 3.99. The fourth-order valence-corrected chi connectivity index (χ4v) is 3.55. The van der Waals surface area contributed by atoms with Gasteiger partial charge in [-0.3, -0.25) is 9.59 Å². The third-order valence-corrected chi connectivity index (χ3v) is 5.49. The van der Waals surface area contributed by atoms with Crippen LogP contribution in [0.3, 0.4) is 0 Å². The molecular formula is C29H46N2O7S. The minimum Gasteiger partial charge on any atom is -0.464 e. The van der Waals surface area contributed by atoms with E-state index in [4.69, 9.17) is 14.6 Å². The molecule has 3 rings (SSSR count). The van der Waals surface area contributed by atoms with Crippen LogP contribution in [-0.2, 0) is 25.7 Å². The largest absolute Gasteiger partial charge is 0.464 e. The lowest BCUT2D eigenvalue weighted by atomic mass is 10.1. The molecule has 0 saturated carbocycles. The molecule has 2 aromatic heterocycles. The Balaban J connectivity index is 0. The molecule has 3 aromatic rings. The standard InChI is InChI=1S/C19H18N2O5S.C5H12O.2C2H6.CH4O/c1-11(2)18(23)26-10-21-8-13(12-6-4-5-7-15(12)21)16(22)17-20-14(9-27-17)19(24)25-3;1-3-4-5-6-2;3*1-2/h4-9,11H,10H2,1-3H3;3-5H2,1-2H3;2*1-2H3;2H,1H3. The Bertz CT molecular complexity index is 1090. The number of hydrogen-bond acceptors (Lipinski definition) is 9. The van der Waals surface area contributed by atoms with Gasteiger partial charge in [0.2, 0.25) is 5.78 Å². The van der Waals surface area contributed by atoms with E-state index in [1.807, 2.05) is 52.0 Å². The Morgan fingerprint density at radius 2 is 1.67 bits per heavy atom. The smallest absolute Gasteiger partial charge is 0.357 e. The number of carbonyl (C=O) groups is 3. The molecule has 0 amide bonds. The Morgan fingerprint density at radius 1 is 1.05 bits per heavy atom. The van der Waals surface area contributed by atoms with Crippen molar-refractivity contribution in [3.63, 3.8) is 0 Å². The van der Waals surface area contributed by atoms with Crippen molar-refractivity contribution in [2.75, 3.05) is 27.9 Å². The second-order valence-electron chi connectivity index (χ2n) is 7.48. The molecule has 0 aliphatic rings. The Morgan fingerprint density at radius 3 is 2.18 bits per heavy atom. The first-order valence-electron chi connectivity index (χ1n) is 13.1. The van der Waals surface area contributed by atoms with E-state index in [1.165, 1.54) is 25.3 Å². The number of unbranched alkanes of at least 4 members (excludes halogenated alkanes) is 1. The fraction of sp³-hybridized carbons (Fsp3) is 0.517. The second-order valence-corrected chi connectivity index (χ2v) is 8.34. The molecule has 0 bridgehead atoms. The van der Waals surface area contributed by atoms with Crippen LogP contribution >= 0.6 is 11.3 Å². The van der Waals surface area contributed by atoms with Crippen molar-refractivity contribution in [2.45, 2.75) is 68.0 Å². The molecule has 10 heteroatoms. The number of hydrogen-bond donors (Lipinski definition) is 1. The van der Waals surface area contributed by atoms with Gasteiger partial charge in [0.1, 0.15) is 0 Å². The molecule has 39 heavy (non-hydrogen) atoms. The third-order valence-electron chi connectivity index (χ3n) is 4.65. The number of ether oxygens (including phenoxy) is 3. The molecule has 220 valence electrons. The van der Waals surface area contributed by atoms with Gasteiger partial charge in [-0.2, -0.15) is 0 Å². The molecule has 0 spiro atoms. The van der Waals surface area contributed by atoms with Gasteiger partial charge >= 0.3 is 11.9 Å². The van der Waals surface area contributed by atoms with Crippen LogP contribution in [0.25, 0.3) is 10.9 Å². The van der Waals surface area contributed by atoms with Gasteiger partial charge in [0.05, 0.1) is 24.1 Å². The summed E-state index contributed by atoms with van der Waals surface area (Å²) in [6.07, 6.45) is 4.06. The van der Waals surface area contributed by atoms with Crippen LogP contribution in [0.4, 0.5) is 0 Å². The number of aromatic nitrogens is 2. The van der Waals surface area contributed by atoms with Crippen molar-refractivity contribution in [2.24, 2.45) is 5.92 Å². The van der Waals surface area contributed by atoms with Crippen LogP contribution in [0.2, 0.25) is 0 Å². The van der Waals surface area contributed by atoms with Crippen molar-refractivity contribution in [1.29, 1.82) is 0 Å². The van der Waals surface area contributed by atoms with E-state index in [-0.39, 0.29) is 35.1 Å². The summed E-state index contributed by atoms with van der Waals surface area (Å²) in [6.45, 7) is 14.6. The second kappa shape index (κ2) is 22.9. The predicted molar refractivity (Wildman–Crippen MR) is 157 cm³/mol. The van der Waals surface area contributed by atoms with Crippen LogP contribution < -0.4 is 0 Å². The Hall–Kier alpha value is -3.08. The number of nitrogens with zero attached hydrogens (tertiary/aromatic N) is 2. The number of rotatable bonds is 9. The average molecular weight is 567 g/mol. The molecule has 2 heterocycles. The number of benzene rings is 1. The zero-order valence-corrected chi connectivity index (χ0v) is 25.9. The van der Waals surface area contributed by atoms with Gasteiger partial charge in [-0.1, -0.05) is 73.1 Å². The molecule has 0 saturated heterocycles. The summed E-state index contributed by atoms with van der Waals surface area (Å²) in [5.74, 6) is -1.45. The first-order valence-corrected chi connectivity index (χ1v) is 14.0. The molecule has 0 radical (unpaired) electrons. The monoisotopic (exact) mass is 566 g/mol. The molecule has 0 aliphatic heterocycles. The highest BCUT2D eigenvalue weighted by molar-refractivity contribution is 7.12. The van der Waals surface area contributed by atoms with Gasteiger partial charge < -0.3 is 23.9 Å². The number of aliphatic hydroxyl groups is 1. The zero-order chi connectivity index (χ0) is 30.4. The van der Waals surface area contributed by atoms with Gasteiger partial charge in [-0.25, -0.2) is 9.78 Å². The first-order chi connectivity index (χ1) is 18.8. The lowest BCUT2D eigenvalue weighted by molar-refractivity contribution is -0.151. The van der Waals surface area contributed by atoms with Gasteiger partial charge in [-0.15, -0.1) is 11.3 Å². The number of fused-ring (bicyclic) bond motifs is 1. The van der Waals surface area contributed by atoms with Crippen molar-refractivity contribution < 1.29 is 33.7 Å². The highest BCUT2D eigenvalue weighted by Gasteiger charge is 2.21. The van der Waals surface area contributed by atoms with Crippen molar-refractivity contribution in [1.82, 2.24) is 9.55 Å². The summed E-state index contributed by atoms with van der Waals surface area (Å²) in [5, 5.41) is 9.40. The number of aliphatic hydroxyl groups excluding tert-OH is 1. The predicted octanol–water partition coefficient (Wildman–Crippen LogP) is 6.37. The maximum absolute atomic E-state index is 12.9. The maximum atomic E-state index is 12.9. The number of esters is 2. The van der Waals surface area contributed by atoms with Crippen LogP contribution in [0.5, 0.6) is 0 Å². The van der Waals surface area contributed by atoms with Gasteiger partial charge in [0.25, 0.3) is 0 Å². The Labute approximate surface area is 237 Å². The van der Waals surface area contributed by atoms with E-state index in [9.17, 15) is 14.4 Å². The summed E-state index contributed by atoms with van der Waals surface area (Å²) in [6, 6.07) is 7.33. The number of carbonyl (C=O) groups excluding carboxylic acids is 3. The number of para-hydroxylation sites is 1. The normalized spacial score (nSPS) is 9.44. The highest BCUT2D eigenvalue weighted by Crippen LogP contribution is 2.25. The lowest BCUT2D eigenvalue weighted by Crippen LogP contribution is -2.14. The highest BCUT2D eigenvalue weighted by atomic mass is 32.1. The molecule has 1 aromatic carbocycles. The van der Waals surface area contributed by atoms with Crippen LogP contribution in [0.1, 0.15) is 87.2 Å². The van der Waals surface area contributed by atoms with Gasteiger partial charge in [-0.05, 0) is 12.5 Å². The quantitative estimate of drug-likeness (QED) is 0.180. The Kier molecular flexibility index (Phi) is 22.3. The summed E-state index contributed by atoms with van der Waals surface area (Å²) in [5.41, 5.74) is 1.29. The van der Waals surface area contributed by atoms with Crippen molar-refractivity contribution in [3.05, 3.63) is 52.1 Å². The van der Waals surface area contributed by atoms with Crippen LogP contribution in [0.15, 0.2) is 35.8 Å². The summed E-state index contributed by atoms with van der Waals surface area (Å²) >= 11 is 1.08. The number of thiazole rings is 1. The third kappa shape index (κ3) is 12.5. The van der Waals surface area contributed by atoms with Crippen LogP contribution in [-0.4, -0.2) is 60.3 Å².